The predicted octanol–water partition coefficient (Wildman–Crippen LogP) is 3.36. The summed E-state index contributed by atoms with van der Waals surface area (Å²) in [4.78, 5) is 37.1. The average molecular weight is 449 g/mol. The van der Waals surface area contributed by atoms with Gasteiger partial charge in [0.1, 0.15) is 11.6 Å². The molecule has 0 spiro atoms. The van der Waals surface area contributed by atoms with Crippen LogP contribution in [0.3, 0.4) is 0 Å². The van der Waals surface area contributed by atoms with Crippen molar-refractivity contribution in [3.63, 3.8) is 0 Å². The van der Waals surface area contributed by atoms with Crippen molar-refractivity contribution in [2.24, 2.45) is 5.92 Å². The highest BCUT2D eigenvalue weighted by Crippen LogP contribution is 2.70. The Hall–Kier alpha value is -2.71. The SMILES string of the molecule is Cc1cc([C@]23CCN(C(=O)OC(C)(C)C)C[C@H]2C3(F)F)ccc1N[C@@H]1CCC(=O)NC1=O. The van der Waals surface area contributed by atoms with E-state index in [0.29, 0.717) is 17.7 Å². The Morgan fingerprint density at radius 1 is 1.28 bits per heavy atom. The summed E-state index contributed by atoms with van der Waals surface area (Å²) >= 11 is 0. The summed E-state index contributed by atoms with van der Waals surface area (Å²) in [5.74, 6) is -4.54. The van der Waals surface area contributed by atoms with E-state index in [1.54, 1.807) is 45.9 Å². The fraction of sp³-hybridized carbons (Fsp3) is 0.609. The number of fused-ring (bicyclic) bond motifs is 1. The largest absolute Gasteiger partial charge is 0.444 e. The smallest absolute Gasteiger partial charge is 0.410 e. The third-order valence-electron chi connectivity index (χ3n) is 6.69. The Balaban J connectivity index is 1.49. The van der Waals surface area contributed by atoms with Crippen molar-refractivity contribution in [3.8, 4) is 0 Å². The van der Waals surface area contributed by atoms with Crippen LogP contribution in [0.15, 0.2) is 18.2 Å². The highest BCUT2D eigenvalue weighted by molar-refractivity contribution is 6.01. The molecule has 0 radical (unpaired) electrons. The summed E-state index contributed by atoms with van der Waals surface area (Å²) < 4.78 is 35.4. The van der Waals surface area contributed by atoms with E-state index >= 15 is 8.78 Å². The van der Waals surface area contributed by atoms with Crippen LogP contribution in [0.4, 0.5) is 19.3 Å². The van der Waals surface area contributed by atoms with Crippen molar-refractivity contribution >= 4 is 23.6 Å². The third-order valence-corrected chi connectivity index (χ3v) is 6.69. The number of benzene rings is 1. The standard InChI is InChI=1S/C23H29F2N3O4/c1-13-11-14(5-6-15(13)26-16-7-8-18(29)27-19(16)30)22-9-10-28(12-17(22)23(22,24)25)20(31)32-21(2,3)4/h5-6,11,16-17,26H,7-10,12H2,1-4H3,(H,27,29,30)/t16-,17-,22-/m1/s1. The van der Waals surface area contributed by atoms with Crippen molar-refractivity contribution < 1.29 is 27.9 Å². The molecule has 0 unspecified atom stereocenters. The van der Waals surface area contributed by atoms with Gasteiger partial charge in [-0.3, -0.25) is 14.9 Å². The van der Waals surface area contributed by atoms with Crippen LogP contribution in [0.2, 0.25) is 0 Å². The van der Waals surface area contributed by atoms with Crippen molar-refractivity contribution in [2.75, 3.05) is 18.4 Å². The number of carbonyl (C=O) groups is 3. The number of imide groups is 1. The number of amides is 3. The number of anilines is 1. The minimum Gasteiger partial charge on any atom is -0.444 e. The van der Waals surface area contributed by atoms with E-state index < -0.39 is 35.0 Å². The van der Waals surface area contributed by atoms with Gasteiger partial charge in [-0.1, -0.05) is 12.1 Å². The molecule has 174 valence electrons. The molecule has 4 rings (SSSR count). The molecule has 0 aromatic heterocycles. The molecule has 3 amide bonds. The lowest BCUT2D eigenvalue weighted by atomic mass is 9.86. The summed E-state index contributed by atoms with van der Waals surface area (Å²) in [7, 11) is 0. The summed E-state index contributed by atoms with van der Waals surface area (Å²) in [5, 5.41) is 5.42. The van der Waals surface area contributed by atoms with Crippen LogP contribution in [0.25, 0.3) is 0 Å². The lowest BCUT2D eigenvalue weighted by Gasteiger charge is -2.32. The van der Waals surface area contributed by atoms with Gasteiger partial charge in [0, 0.05) is 25.2 Å². The van der Waals surface area contributed by atoms with Crippen molar-refractivity contribution in [1.82, 2.24) is 10.2 Å². The van der Waals surface area contributed by atoms with Crippen LogP contribution in [0.5, 0.6) is 0 Å². The van der Waals surface area contributed by atoms with Crippen LogP contribution in [0, 0.1) is 12.8 Å². The maximum Gasteiger partial charge on any atom is 0.410 e. The second-order valence-electron chi connectivity index (χ2n) is 10.0. The van der Waals surface area contributed by atoms with Gasteiger partial charge >= 0.3 is 6.09 Å². The zero-order valence-electron chi connectivity index (χ0n) is 18.8. The Labute approximate surface area is 185 Å². The molecule has 7 nitrogen and oxygen atoms in total. The Kier molecular flexibility index (Phi) is 5.21. The molecule has 2 heterocycles. The van der Waals surface area contributed by atoms with Gasteiger partial charge in [-0.15, -0.1) is 0 Å². The monoisotopic (exact) mass is 449 g/mol. The fourth-order valence-electron chi connectivity index (χ4n) is 4.92. The molecule has 2 saturated heterocycles. The molecule has 9 heteroatoms. The van der Waals surface area contributed by atoms with Gasteiger partial charge in [-0.05, 0) is 57.7 Å². The minimum atomic E-state index is -2.91. The molecule has 1 aliphatic carbocycles. The maximum absolute atomic E-state index is 15.0. The van der Waals surface area contributed by atoms with E-state index in [9.17, 15) is 14.4 Å². The lowest BCUT2D eigenvalue weighted by molar-refractivity contribution is -0.133. The predicted molar refractivity (Wildman–Crippen MR) is 114 cm³/mol. The molecule has 0 bridgehead atoms. The van der Waals surface area contributed by atoms with Crippen LogP contribution >= 0.6 is 0 Å². The Morgan fingerprint density at radius 3 is 2.59 bits per heavy atom. The summed E-state index contributed by atoms with van der Waals surface area (Å²) in [5.41, 5.74) is -0.00420. The van der Waals surface area contributed by atoms with Gasteiger partial charge in [0.2, 0.25) is 11.8 Å². The number of ether oxygens (including phenoxy) is 1. The number of piperidine rings is 2. The van der Waals surface area contributed by atoms with E-state index in [4.69, 9.17) is 4.74 Å². The zero-order valence-corrected chi connectivity index (χ0v) is 18.8. The van der Waals surface area contributed by atoms with Gasteiger partial charge in [-0.2, -0.15) is 0 Å². The fourth-order valence-corrected chi connectivity index (χ4v) is 4.92. The summed E-state index contributed by atoms with van der Waals surface area (Å²) in [6.45, 7) is 7.21. The van der Waals surface area contributed by atoms with Crippen molar-refractivity contribution in [3.05, 3.63) is 29.3 Å². The van der Waals surface area contributed by atoms with Crippen molar-refractivity contribution in [1.29, 1.82) is 0 Å². The van der Waals surface area contributed by atoms with Gasteiger partial charge < -0.3 is 15.0 Å². The number of nitrogens with one attached hydrogen (secondary N) is 2. The molecule has 3 atom stereocenters. The van der Waals surface area contributed by atoms with E-state index in [1.807, 2.05) is 0 Å². The number of alkyl halides is 2. The summed E-state index contributed by atoms with van der Waals surface area (Å²) in [6.07, 6.45) is 0.236. The topological polar surface area (TPSA) is 87.7 Å². The van der Waals surface area contributed by atoms with E-state index in [0.717, 1.165) is 5.56 Å². The maximum atomic E-state index is 15.0. The number of rotatable bonds is 3. The van der Waals surface area contributed by atoms with Crippen molar-refractivity contribution in [2.45, 2.75) is 69.9 Å². The first-order valence-electron chi connectivity index (χ1n) is 10.9. The molecule has 3 aliphatic rings. The average Bonchev–Trinajstić information content (AvgIpc) is 3.20. The van der Waals surface area contributed by atoms with Crippen LogP contribution in [0.1, 0.15) is 51.2 Å². The molecular formula is C23H29F2N3O4. The molecule has 1 aromatic carbocycles. The molecule has 2 N–H and O–H groups in total. The third kappa shape index (κ3) is 3.71. The molecule has 2 aliphatic heterocycles. The number of halogens is 2. The van der Waals surface area contributed by atoms with Crippen LogP contribution < -0.4 is 10.6 Å². The number of aryl methyl sites for hydroxylation is 1. The molecule has 3 fully saturated rings. The Bertz CT molecular complexity index is 974. The summed E-state index contributed by atoms with van der Waals surface area (Å²) in [6, 6.07) is 4.60. The van der Waals surface area contributed by atoms with Crippen LogP contribution in [-0.2, 0) is 19.7 Å². The highest BCUT2D eigenvalue weighted by atomic mass is 19.3. The van der Waals surface area contributed by atoms with Gasteiger partial charge in [0.15, 0.2) is 0 Å². The number of hydrogen-bond acceptors (Lipinski definition) is 5. The number of carbonyl (C=O) groups excluding carboxylic acids is 3. The van der Waals surface area contributed by atoms with Crippen LogP contribution in [-0.4, -0.2) is 53.5 Å². The van der Waals surface area contributed by atoms with E-state index in [-0.39, 0.29) is 37.7 Å². The first-order chi connectivity index (χ1) is 14.8. The Morgan fingerprint density at radius 2 is 2.00 bits per heavy atom. The van der Waals surface area contributed by atoms with Gasteiger partial charge in [-0.25, -0.2) is 13.6 Å². The lowest BCUT2D eigenvalue weighted by Crippen LogP contribution is -2.47. The van der Waals surface area contributed by atoms with Gasteiger partial charge in [0.25, 0.3) is 5.92 Å². The number of likely N-dealkylation sites (tertiary alicyclic amines) is 1. The first kappa shape index (κ1) is 22.5. The second kappa shape index (κ2) is 7.42. The number of hydrogen-bond donors (Lipinski definition) is 2. The highest BCUT2D eigenvalue weighted by Gasteiger charge is 2.82. The first-order valence-corrected chi connectivity index (χ1v) is 10.9. The quantitative estimate of drug-likeness (QED) is 0.691. The molecule has 1 aromatic rings. The normalized spacial score (nSPS) is 29.1. The van der Waals surface area contributed by atoms with E-state index in [2.05, 4.69) is 10.6 Å². The van der Waals surface area contributed by atoms with Gasteiger partial charge in [0.05, 0.1) is 11.3 Å². The second-order valence-corrected chi connectivity index (χ2v) is 10.0. The molecule has 1 saturated carbocycles. The minimum absolute atomic E-state index is 0.0444. The molecule has 32 heavy (non-hydrogen) atoms. The van der Waals surface area contributed by atoms with E-state index in [1.165, 1.54) is 4.90 Å². The molecular weight excluding hydrogens is 420 g/mol. The number of nitrogens with zero attached hydrogens (tertiary/aromatic N) is 1. The zero-order chi connectivity index (χ0) is 23.5.